The normalized spacial score (nSPS) is 16.7. The van der Waals surface area contributed by atoms with Crippen LogP contribution in [0.25, 0.3) is 16.6 Å². The summed E-state index contributed by atoms with van der Waals surface area (Å²) in [5.74, 6) is 0.0137. The van der Waals surface area contributed by atoms with E-state index < -0.39 is 0 Å². The number of carbonyl (C=O) groups is 1. The number of benzene rings is 1. The van der Waals surface area contributed by atoms with Gasteiger partial charge in [0.15, 0.2) is 0 Å². The number of hydrogen-bond acceptors (Lipinski definition) is 5. The Bertz CT molecular complexity index is 1190. The van der Waals surface area contributed by atoms with Crippen LogP contribution in [0.5, 0.6) is 0 Å². The lowest BCUT2D eigenvalue weighted by atomic mass is 10.1. The minimum absolute atomic E-state index is 0.0137. The van der Waals surface area contributed by atoms with Crippen LogP contribution in [0, 0.1) is 6.92 Å². The Labute approximate surface area is 173 Å². The van der Waals surface area contributed by atoms with Crippen LogP contribution in [-0.2, 0) is 4.74 Å². The van der Waals surface area contributed by atoms with Gasteiger partial charge in [0.25, 0.3) is 5.91 Å². The molecule has 4 heterocycles. The van der Waals surface area contributed by atoms with Crippen molar-refractivity contribution in [3.05, 3.63) is 83.9 Å². The molecule has 0 radical (unpaired) electrons. The molecule has 4 aromatic rings. The van der Waals surface area contributed by atoms with Crippen LogP contribution in [0.4, 0.5) is 0 Å². The number of pyridine rings is 2. The molecule has 150 valence electrons. The van der Waals surface area contributed by atoms with Gasteiger partial charge in [-0.15, -0.1) is 5.10 Å². The molecule has 0 aliphatic carbocycles. The van der Waals surface area contributed by atoms with E-state index in [0.717, 1.165) is 27.9 Å². The summed E-state index contributed by atoms with van der Waals surface area (Å²) in [5, 5.41) is 8.65. The molecule has 7 heteroatoms. The van der Waals surface area contributed by atoms with E-state index in [1.807, 2.05) is 66.6 Å². The lowest BCUT2D eigenvalue weighted by Gasteiger charge is -2.32. The van der Waals surface area contributed by atoms with Crippen molar-refractivity contribution in [2.75, 3.05) is 19.7 Å². The van der Waals surface area contributed by atoms with Crippen molar-refractivity contribution in [1.29, 1.82) is 0 Å². The van der Waals surface area contributed by atoms with Gasteiger partial charge in [0.2, 0.25) is 0 Å². The smallest absolute Gasteiger partial charge is 0.254 e. The van der Waals surface area contributed by atoms with E-state index in [1.165, 1.54) is 0 Å². The van der Waals surface area contributed by atoms with Gasteiger partial charge in [-0.05, 0) is 42.8 Å². The molecular weight excluding hydrogens is 378 g/mol. The lowest BCUT2D eigenvalue weighted by Crippen LogP contribution is -2.42. The van der Waals surface area contributed by atoms with Crippen LogP contribution in [0.3, 0.4) is 0 Å². The molecule has 0 N–H and O–H groups in total. The summed E-state index contributed by atoms with van der Waals surface area (Å²) < 4.78 is 7.72. The van der Waals surface area contributed by atoms with Gasteiger partial charge in [-0.3, -0.25) is 9.78 Å². The quantitative estimate of drug-likeness (QED) is 0.528. The maximum atomic E-state index is 12.9. The highest BCUT2D eigenvalue weighted by Gasteiger charge is 2.29. The maximum absolute atomic E-state index is 12.9. The van der Waals surface area contributed by atoms with Crippen molar-refractivity contribution in [3.63, 3.8) is 0 Å². The molecule has 3 aromatic heterocycles. The minimum Gasteiger partial charge on any atom is -0.368 e. The van der Waals surface area contributed by atoms with Crippen molar-refractivity contribution in [2.24, 2.45) is 0 Å². The molecule has 1 atom stereocenters. The second-order valence-corrected chi connectivity index (χ2v) is 7.43. The summed E-state index contributed by atoms with van der Waals surface area (Å²) in [7, 11) is 0. The van der Waals surface area contributed by atoms with Crippen LogP contribution in [0.15, 0.2) is 67.1 Å². The first-order valence-electron chi connectivity index (χ1n) is 9.92. The fourth-order valence-corrected chi connectivity index (χ4v) is 3.74. The number of carbonyl (C=O) groups excluding carboxylic acids is 1. The molecule has 0 spiro atoms. The minimum atomic E-state index is -0.308. The number of amides is 1. The van der Waals surface area contributed by atoms with Gasteiger partial charge in [-0.2, -0.15) is 0 Å². The molecule has 5 rings (SSSR count). The molecule has 7 nitrogen and oxygen atoms in total. The predicted octanol–water partition coefficient (Wildman–Crippen LogP) is 3.31. The van der Waals surface area contributed by atoms with E-state index in [2.05, 4.69) is 15.3 Å². The molecule has 1 unspecified atom stereocenters. The lowest BCUT2D eigenvalue weighted by molar-refractivity contribution is -0.0241. The number of ether oxygens (including phenoxy) is 1. The number of nitrogens with zero attached hydrogens (tertiary/aromatic N) is 5. The van der Waals surface area contributed by atoms with Crippen LogP contribution in [-0.4, -0.2) is 50.3 Å². The SMILES string of the molecule is Cc1ccc(C(=O)N2CCOC(c3nnn4cc(-c5ccncc5)ccc34)C2)cc1. The first kappa shape index (κ1) is 18.4. The van der Waals surface area contributed by atoms with E-state index in [9.17, 15) is 4.79 Å². The zero-order valence-electron chi connectivity index (χ0n) is 16.6. The Morgan fingerprint density at radius 2 is 1.83 bits per heavy atom. The van der Waals surface area contributed by atoms with Gasteiger partial charge in [0.1, 0.15) is 11.8 Å². The summed E-state index contributed by atoms with van der Waals surface area (Å²) >= 11 is 0. The second kappa shape index (κ2) is 7.68. The first-order chi connectivity index (χ1) is 14.7. The summed E-state index contributed by atoms with van der Waals surface area (Å²) in [4.78, 5) is 18.8. The van der Waals surface area contributed by atoms with Crippen molar-refractivity contribution in [3.8, 4) is 11.1 Å². The summed E-state index contributed by atoms with van der Waals surface area (Å²) in [6, 6.07) is 15.6. The van der Waals surface area contributed by atoms with E-state index >= 15 is 0 Å². The fraction of sp³-hybridized carbons (Fsp3) is 0.217. The van der Waals surface area contributed by atoms with Gasteiger partial charge in [0.05, 0.1) is 18.7 Å². The molecule has 1 saturated heterocycles. The average molecular weight is 399 g/mol. The molecular formula is C23H21N5O2. The maximum Gasteiger partial charge on any atom is 0.254 e. The molecule has 30 heavy (non-hydrogen) atoms. The van der Waals surface area contributed by atoms with Crippen molar-refractivity contribution < 1.29 is 9.53 Å². The van der Waals surface area contributed by atoms with Crippen molar-refractivity contribution in [1.82, 2.24) is 24.7 Å². The van der Waals surface area contributed by atoms with Gasteiger partial charge in [-0.1, -0.05) is 29.0 Å². The van der Waals surface area contributed by atoms with E-state index in [0.29, 0.717) is 25.3 Å². The zero-order valence-corrected chi connectivity index (χ0v) is 16.6. The Morgan fingerprint density at radius 1 is 1.03 bits per heavy atom. The van der Waals surface area contributed by atoms with Gasteiger partial charge < -0.3 is 9.64 Å². The molecule has 1 amide bonds. The zero-order chi connectivity index (χ0) is 20.5. The van der Waals surface area contributed by atoms with Gasteiger partial charge in [-0.25, -0.2) is 4.52 Å². The Hall–Kier alpha value is -3.58. The topological polar surface area (TPSA) is 72.6 Å². The molecule has 0 bridgehead atoms. The number of fused-ring (bicyclic) bond motifs is 1. The third-order valence-electron chi connectivity index (χ3n) is 5.41. The highest BCUT2D eigenvalue weighted by molar-refractivity contribution is 5.94. The fourth-order valence-electron chi connectivity index (χ4n) is 3.74. The molecule has 1 fully saturated rings. The van der Waals surface area contributed by atoms with E-state index in [4.69, 9.17) is 4.74 Å². The number of morpholine rings is 1. The van der Waals surface area contributed by atoms with Gasteiger partial charge in [0, 0.05) is 36.3 Å². The monoisotopic (exact) mass is 399 g/mol. The third kappa shape index (κ3) is 3.44. The summed E-state index contributed by atoms with van der Waals surface area (Å²) in [5.41, 5.74) is 5.54. The van der Waals surface area contributed by atoms with E-state index in [1.54, 1.807) is 16.9 Å². The van der Waals surface area contributed by atoms with Crippen molar-refractivity contribution in [2.45, 2.75) is 13.0 Å². The third-order valence-corrected chi connectivity index (χ3v) is 5.41. The first-order valence-corrected chi connectivity index (χ1v) is 9.92. The average Bonchev–Trinajstić information content (AvgIpc) is 3.23. The molecule has 1 aliphatic heterocycles. The number of aryl methyl sites for hydroxylation is 1. The summed E-state index contributed by atoms with van der Waals surface area (Å²) in [6.07, 6.45) is 5.17. The van der Waals surface area contributed by atoms with Crippen LogP contribution < -0.4 is 0 Å². The number of aromatic nitrogens is 4. The highest BCUT2D eigenvalue weighted by atomic mass is 16.5. The van der Waals surface area contributed by atoms with Crippen LogP contribution >= 0.6 is 0 Å². The Morgan fingerprint density at radius 3 is 2.63 bits per heavy atom. The molecule has 1 aliphatic rings. The Kier molecular flexibility index (Phi) is 4.72. The number of hydrogen-bond donors (Lipinski definition) is 0. The van der Waals surface area contributed by atoms with Gasteiger partial charge >= 0.3 is 0 Å². The molecule has 0 saturated carbocycles. The molecule has 1 aromatic carbocycles. The summed E-state index contributed by atoms with van der Waals surface area (Å²) in [6.45, 7) is 3.49. The van der Waals surface area contributed by atoms with Crippen LogP contribution in [0.2, 0.25) is 0 Å². The second-order valence-electron chi connectivity index (χ2n) is 7.43. The largest absolute Gasteiger partial charge is 0.368 e. The van der Waals surface area contributed by atoms with E-state index in [-0.39, 0.29) is 12.0 Å². The standard InChI is InChI=1S/C23H21N5O2/c1-16-2-4-18(5-3-16)23(29)27-12-13-30-21(15-27)22-20-7-6-19(14-28(20)26-25-22)17-8-10-24-11-9-17/h2-11,14,21H,12-13,15H2,1H3. The Balaban J connectivity index is 1.39. The predicted molar refractivity (Wildman–Crippen MR) is 112 cm³/mol. The highest BCUT2D eigenvalue weighted by Crippen LogP contribution is 2.27. The number of rotatable bonds is 3. The van der Waals surface area contributed by atoms with Crippen molar-refractivity contribution >= 4 is 11.4 Å². The van der Waals surface area contributed by atoms with Crippen LogP contribution in [0.1, 0.15) is 27.7 Å².